The molecule has 0 saturated carbocycles. The predicted molar refractivity (Wildman–Crippen MR) is 75.0 cm³/mol. The van der Waals surface area contributed by atoms with E-state index in [4.69, 9.17) is 5.73 Å². The van der Waals surface area contributed by atoms with Gasteiger partial charge in [-0.3, -0.25) is 0 Å². The predicted octanol–water partition coefficient (Wildman–Crippen LogP) is 2.94. The zero-order chi connectivity index (χ0) is 12.7. The zero-order valence-electron chi connectivity index (χ0n) is 11.4. The highest BCUT2D eigenvalue weighted by Crippen LogP contribution is 2.07. The highest BCUT2D eigenvalue weighted by atomic mass is 15.1. The Hall–Kier alpha value is -0.860. The summed E-state index contributed by atoms with van der Waals surface area (Å²) in [6.45, 7) is 6.45. The maximum absolute atomic E-state index is 5.91. The molecule has 2 nitrogen and oxygen atoms in total. The van der Waals surface area contributed by atoms with Gasteiger partial charge in [-0.15, -0.1) is 0 Å². The third kappa shape index (κ3) is 5.85. The number of hydrogen-bond acceptors (Lipinski definition) is 2. The van der Waals surface area contributed by atoms with Crippen LogP contribution in [-0.4, -0.2) is 24.5 Å². The molecule has 2 N–H and O–H groups in total. The summed E-state index contributed by atoms with van der Waals surface area (Å²) in [4.78, 5) is 2.37. The van der Waals surface area contributed by atoms with Crippen LogP contribution in [0, 0.1) is 6.92 Å². The lowest BCUT2D eigenvalue weighted by Gasteiger charge is -2.18. The van der Waals surface area contributed by atoms with Gasteiger partial charge in [-0.05, 0) is 45.3 Å². The first-order chi connectivity index (χ1) is 8.11. The summed E-state index contributed by atoms with van der Waals surface area (Å²) in [5.74, 6) is 0. The second kappa shape index (κ2) is 7.46. The van der Waals surface area contributed by atoms with Gasteiger partial charge in [0.1, 0.15) is 0 Å². The number of benzene rings is 1. The van der Waals surface area contributed by atoms with E-state index in [0.717, 1.165) is 25.9 Å². The van der Waals surface area contributed by atoms with Crippen LogP contribution in [0.15, 0.2) is 24.3 Å². The molecule has 0 bridgehead atoms. The van der Waals surface area contributed by atoms with Crippen molar-refractivity contribution in [2.75, 3.05) is 13.6 Å². The molecule has 0 aromatic heterocycles. The molecule has 0 aliphatic heterocycles. The second-order valence-electron chi connectivity index (χ2n) is 5.04. The highest BCUT2D eigenvalue weighted by Gasteiger charge is 2.03. The summed E-state index contributed by atoms with van der Waals surface area (Å²) in [6, 6.07) is 9.10. The van der Waals surface area contributed by atoms with Gasteiger partial charge >= 0.3 is 0 Å². The van der Waals surface area contributed by atoms with Crippen LogP contribution in [0.1, 0.15) is 37.3 Å². The molecule has 0 aliphatic carbocycles. The van der Waals surface area contributed by atoms with Crippen LogP contribution in [-0.2, 0) is 6.54 Å². The van der Waals surface area contributed by atoms with Crippen molar-refractivity contribution in [2.45, 2.75) is 45.7 Å². The van der Waals surface area contributed by atoms with Crippen molar-refractivity contribution in [3.8, 4) is 0 Å². The van der Waals surface area contributed by atoms with E-state index in [0.29, 0.717) is 6.04 Å². The average Bonchev–Trinajstić information content (AvgIpc) is 2.28. The van der Waals surface area contributed by atoms with Gasteiger partial charge in [-0.1, -0.05) is 36.8 Å². The lowest BCUT2D eigenvalue weighted by atomic mass is 10.1. The second-order valence-corrected chi connectivity index (χ2v) is 5.04. The quantitative estimate of drug-likeness (QED) is 0.786. The summed E-state index contributed by atoms with van der Waals surface area (Å²) in [5, 5.41) is 0. The summed E-state index contributed by atoms with van der Waals surface area (Å²) in [7, 11) is 2.18. The molecule has 0 saturated heterocycles. The van der Waals surface area contributed by atoms with Crippen LogP contribution in [0.5, 0.6) is 0 Å². The summed E-state index contributed by atoms with van der Waals surface area (Å²) < 4.78 is 0. The monoisotopic (exact) mass is 234 g/mol. The molecule has 96 valence electrons. The molecule has 0 fully saturated rings. The third-order valence-electron chi connectivity index (χ3n) is 3.17. The minimum Gasteiger partial charge on any atom is -0.328 e. The van der Waals surface area contributed by atoms with Crippen LogP contribution in [0.4, 0.5) is 0 Å². The van der Waals surface area contributed by atoms with Crippen molar-refractivity contribution >= 4 is 0 Å². The van der Waals surface area contributed by atoms with Crippen molar-refractivity contribution in [1.29, 1.82) is 0 Å². The smallest absolute Gasteiger partial charge is 0.0230 e. The topological polar surface area (TPSA) is 29.3 Å². The molecule has 0 heterocycles. The first-order valence-corrected chi connectivity index (χ1v) is 6.61. The molecule has 0 aliphatic rings. The van der Waals surface area contributed by atoms with Crippen molar-refractivity contribution in [3.05, 3.63) is 35.4 Å². The van der Waals surface area contributed by atoms with Gasteiger partial charge in [0.25, 0.3) is 0 Å². The molecule has 0 radical (unpaired) electrons. The maximum Gasteiger partial charge on any atom is 0.0230 e. The number of nitrogens with two attached hydrogens (primary N) is 1. The normalized spacial score (nSPS) is 13.0. The third-order valence-corrected chi connectivity index (χ3v) is 3.17. The average molecular weight is 234 g/mol. The molecule has 2 heteroatoms. The highest BCUT2D eigenvalue weighted by molar-refractivity contribution is 5.21. The van der Waals surface area contributed by atoms with E-state index in [1.54, 1.807) is 0 Å². The van der Waals surface area contributed by atoms with E-state index >= 15 is 0 Å². The summed E-state index contributed by atoms with van der Waals surface area (Å²) in [6.07, 6.45) is 3.41. The number of aryl methyl sites for hydroxylation is 1. The largest absolute Gasteiger partial charge is 0.328 e. The first kappa shape index (κ1) is 14.2. The lowest BCUT2D eigenvalue weighted by Crippen LogP contribution is -2.23. The van der Waals surface area contributed by atoms with Gasteiger partial charge in [-0.25, -0.2) is 0 Å². The first-order valence-electron chi connectivity index (χ1n) is 6.61. The standard InChI is InChI=1S/C15H26N2/c1-4-15(16)9-6-10-17(3)12-14-8-5-7-13(2)11-14/h5,7-8,11,15H,4,6,9-10,12,16H2,1-3H3. The van der Waals surface area contributed by atoms with E-state index < -0.39 is 0 Å². The zero-order valence-corrected chi connectivity index (χ0v) is 11.4. The van der Waals surface area contributed by atoms with Gasteiger partial charge < -0.3 is 10.6 Å². The fourth-order valence-corrected chi connectivity index (χ4v) is 2.03. The van der Waals surface area contributed by atoms with E-state index in [1.807, 2.05) is 0 Å². The van der Waals surface area contributed by atoms with Gasteiger partial charge in [0.05, 0.1) is 0 Å². The molecule has 1 aromatic rings. The number of hydrogen-bond donors (Lipinski definition) is 1. The van der Waals surface area contributed by atoms with Gasteiger partial charge in [-0.2, -0.15) is 0 Å². The van der Waals surface area contributed by atoms with Crippen LogP contribution < -0.4 is 5.73 Å². The van der Waals surface area contributed by atoms with Crippen molar-refractivity contribution in [1.82, 2.24) is 4.90 Å². The van der Waals surface area contributed by atoms with Crippen LogP contribution in [0.2, 0.25) is 0 Å². The minimum absolute atomic E-state index is 0.377. The molecule has 1 rings (SSSR count). The fourth-order valence-electron chi connectivity index (χ4n) is 2.03. The van der Waals surface area contributed by atoms with Crippen molar-refractivity contribution in [2.24, 2.45) is 5.73 Å². The van der Waals surface area contributed by atoms with Crippen molar-refractivity contribution in [3.63, 3.8) is 0 Å². The van der Waals surface area contributed by atoms with Crippen LogP contribution in [0.3, 0.4) is 0 Å². The Morgan fingerprint density at radius 1 is 1.35 bits per heavy atom. The molecular formula is C15H26N2. The van der Waals surface area contributed by atoms with E-state index in [9.17, 15) is 0 Å². The Balaban J connectivity index is 2.27. The van der Waals surface area contributed by atoms with Crippen LogP contribution in [0.25, 0.3) is 0 Å². The molecule has 17 heavy (non-hydrogen) atoms. The molecule has 0 amide bonds. The molecule has 1 aromatic carbocycles. The van der Waals surface area contributed by atoms with Crippen LogP contribution >= 0.6 is 0 Å². The summed E-state index contributed by atoms with van der Waals surface area (Å²) >= 11 is 0. The Bertz CT molecular complexity index is 322. The summed E-state index contributed by atoms with van der Waals surface area (Å²) in [5.41, 5.74) is 8.65. The number of nitrogens with zero attached hydrogens (tertiary/aromatic N) is 1. The van der Waals surface area contributed by atoms with Gasteiger partial charge in [0, 0.05) is 12.6 Å². The molecule has 0 spiro atoms. The van der Waals surface area contributed by atoms with Gasteiger partial charge in [0.2, 0.25) is 0 Å². The Morgan fingerprint density at radius 2 is 2.12 bits per heavy atom. The van der Waals surface area contributed by atoms with E-state index in [1.165, 1.54) is 17.5 Å². The maximum atomic E-state index is 5.91. The minimum atomic E-state index is 0.377. The Labute approximate surface area is 106 Å². The fraction of sp³-hybridized carbons (Fsp3) is 0.600. The van der Waals surface area contributed by atoms with E-state index in [2.05, 4.69) is 50.1 Å². The van der Waals surface area contributed by atoms with Crippen molar-refractivity contribution < 1.29 is 0 Å². The Kier molecular flexibility index (Phi) is 6.23. The van der Waals surface area contributed by atoms with E-state index in [-0.39, 0.29) is 0 Å². The number of rotatable bonds is 7. The van der Waals surface area contributed by atoms with Gasteiger partial charge in [0.15, 0.2) is 0 Å². The molecule has 1 atom stereocenters. The Morgan fingerprint density at radius 3 is 2.76 bits per heavy atom. The lowest BCUT2D eigenvalue weighted by molar-refractivity contribution is 0.313. The molecule has 1 unspecified atom stereocenters. The SMILES string of the molecule is CCC(N)CCCN(C)Cc1cccc(C)c1. The molecular weight excluding hydrogens is 208 g/mol.